The Labute approximate surface area is 131 Å². The van der Waals surface area contributed by atoms with Crippen LogP contribution in [0.25, 0.3) is 0 Å². The van der Waals surface area contributed by atoms with Crippen molar-refractivity contribution in [3.8, 4) is 0 Å². The van der Waals surface area contributed by atoms with Crippen LogP contribution in [-0.2, 0) is 0 Å². The summed E-state index contributed by atoms with van der Waals surface area (Å²) in [4.78, 5) is 14.4. The second-order valence-corrected chi connectivity index (χ2v) is 6.62. The molecule has 3 N–H and O–H groups in total. The third-order valence-corrected chi connectivity index (χ3v) is 4.67. The molecular formula is C16H25N3OS. The smallest absolute Gasteiger partial charge is 0.251 e. The van der Waals surface area contributed by atoms with E-state index in [4.69, 9.17) is 5.73 Å². The zero-order chi connectivity index (χ0) is 14.9. The molecule has 116 valence electrons. The van der Waals surface area contributed by atoms with Gasteiger partial charge in [-0.15, -0.1) is 0 Å². The van der Waals surface area contributed by atoms with E-state index >= 15 is 0 Å². The van der Waals surface area contributed by atoms with Crippen LogP contribution < -0.4 is 11.1 Å². The van der Waals surface area contributed by atoms with E-state index in [1.165, 1.54) is 38.9 Å². The van der Waals surface area contributed by atoms with E-state index in [1.54, 1.807) is 24.3 Å². The molecular weight excluding hydrogens is 282 g/mol. The average molecular weight is 307 g/mol. The Bertz CT molecular complexity index is 430. The first-order valence-electron chi connectivity index (χ1n) is 7.69. The fourth-order valence-electron chi connectivity index (χ4n) is 2.45. The highest BCUT2D eigenvalue weighted by molar-refractivity contribution is 7.99. The Balaban J connectivity index is 1.53. The zero-order valence-electron chi connectivity index (χ0n) is 12.5. The second-order valence-electron chi connectivity index (χ2n) is 5.39. The first-order chi connectivity index (χ1) is 10.3. The number of likely N-dealkylation sites (tertiary alicyclic amines) is 1. The fraction of sp³-hybridized carbons (Fsp3) is 0.562. The van der Waals surface area contributed by atoms with Gasteiger partial charge in [-0.2, -0.15) is 11.8 Å². The molecule has 1 saturated heterocycles. The van der Waals surface area contributed by atoms with Crippen LogP contribution in [0.15, 0.2) is 24.3 Å². The summed E-state index contributed by atoms with van der Waals surface area (Å²) < 4.78 is 0. The van der Waals surface area contributed by atoms with Gasteiger partial charge in [0.05, 0.1) is 0 Å². The van der Waals surface area contributed by atoms with Crippen LogP contribution in [0.1, 0.15) is 29.6 Å². The zero-order valence-corrected chi connectivity index (χ0v) is 13.3. The topological polar surface area (TPSA) is 58.4 Å². The van der Waals surface area contributed by atoms with Crippen molar-refractivity contribution in [1.29, 1.82) is 0 Å². The van der Waals surface area contributed by atoms with Crippen molar-refractivity contribution in [2.24, 2.45) is 0 Å². The predicted molar refractivity (Wildman–Crippen MR) is 90.8 cm³/mol. The standard InChI is InChI=1S/C16H25N3OS/c17-15-6-4-14(5-7-15)16(20)18-8-12-21-13-11-19-9-2-1-3-10-19/h4-7H,1-3,8-13,17H2,(H,18,20). The number of carbonyl (C=O) groups is 1. The van der Waals surface area contributed by atoms with Gasteiger partial charge >= 0.3 is 0 Å². The van der Waals surface area contributed by atoms with E-state index < -0.39 is 0 Å². The van der Waals surface area contributed by atoms with Crippen molar-refractivity contribution in [2.75, 3.05) is 43.4 Å². The summed E-state index contributed by atoms with van der Waals surface area (Å²) in [5.41, 5.74) is 6.95. The number of benzene rings is 1. The van der Waals surface area contributed by atoms with Crippen LogP contribution >= 0.6 is 11.8 Å². The van der Waals surface area contributed by atoms with Crippen LogP contribution in [0.4, 0.5) is 5.69 Å². The third-order valence-electron chi connectivity index (χ3n) is 3.71. The summed E-state index contributed by atoms with van der Waals surface area (Å²) in [5, 5.41) is 2.94. The maximum atomic E-state index is 11.9. The molecule has 1 amide bonds. The Morgan fingerprint density at radius 3 is 2.57 bits per heavy atom. The average Bonchev–Trinajstić information content (AvgIpc) is 2.52. The molecule has 0 bridgehead atoms. The number of nitrogens with one attached hydrogen (secondary N) is 1. The van der Waals surface area contributed by atoms with E-state index in [0.29, 0.717) is 17.8 Å². The van der Waals surface area contributed by atoms with Crippen LogP contribution in [-0.4, -0.2) is 48.5 Å². The quantitative estimate of drug-likeness (QED) is 0.599. The molecule has 0 aliphatic carbocycles. The highest BCUT2D eigenvalue weighted by Crippen LogP contribution is 2.10. The lowest BCUT2D eigenvalue weighted by Crippen LogP contribution is -2.32. The number of nitrogens with two attached hydrogens (primary N) is 1. The second kappa shape index (κ2) is 8.95. The van der Waals surface area contributed by atoms with Gasteiger partial charge in [0, 0.05) is 35.8 Å². The molecule has 0 saturated carbocycles. The molecule has 1 aliphatic heterocycles. The predicted octanol–water partition coefficient (Wildman–Crippen LogP) is 2.22. The molecule has 1 heterocycles. The Hall–Kier alpha value is -1.20. The molecule has 0 unspecified atom stereocenters. The lowest BCUT2D eigenvalue weighted by molar-refractivity contribution is 0.0956. The van der Waals surface area contributed by atoms with Gasteiger partial charge in [-0.1, -0.05) is 6.42 Å². The van der Waals surface area contributed by atoms with E-state index in [9.17, 15) is 4.79 Å². The molecule has 1 aromatic carbocycles. The fourth-order valence-corrected chi connectivity index (χ4v) is 3.29. The molecule has 1 aliphatic rings. The van der Waals surface area contributed by atoms with Crippen LogP contribution in [0.3, 0.4) is 0 Å². The van der Waals surface area contributed by atoms with Gasteiger partial charge in [0.25, 0.3) is 5.91 Å². The maximum absolute atomic E-state index is 11.9. The molecule has 1 fully saturated rings. The first kappa shape index (κ1) is 16.2. The SMILES string of the molecule is Nc1ccc(C(=O)NCCSCCN2CCCCC2)cc1. The highest BCUT2D eigenvalue weighted by Gasteiger charge is 2.09. The van der Waals surface area contributed by atoms with E-state index in [2.05, 4.69) is 10.2 Å². The minimum Gasteiger partial charge on any atom is -0.399 e. The number of anilines is 1. The minimum absolute atomic E-state index is 0.0216. The van der Waals surface area contributed by atoms with Crippen molar-refractivity contribution in [3.63, 3.8) is 0 Å². The van der Waals surface area contributed by atoms with Gasteiger partial charge in [-0.3, -0.25) is 4.79 Å². The van der Waals surface area contributed by atoms with E-state index in [0.717, 1.165) is 11.5 Å². The van der Waals surface area contributed by atoms with Gasteiger partial charge in [0.1, 0.15) is 0 Å². The summed E-state index contributed by atoms with van der Waals surface area (Å²) in [7, 11) is 0. The monoisotopic (exact) mass is 307 g/mol. The van der Waals surface area contributed by atoms with Gasteiger partial charge in [0.15, 0.2) is 0 Å². The van der Waals surface area contributed by atoms with Gasteiger partial charge < -0.3 is 16.0 Å². The van der Waals surface area contributed by atoms with Crippen molar-refractivity contribution in [1.82, 2.24) is 10.2 Å². The maximum Gasteiger partial charge on any atom is 0.251 e. The first-order valence-corrected chi connectivity index (χ1v) is 8.85. The summed E-state index contributed by atoms with van der Waals surface area (Å²) in [6.45, 7) is 4.41. The normalized spacial score (nSPS) is 15.8. The molecule has 1 aromatic rings. The third kappa shape index (κ3) is 5.98. The molecule has 2 rings (SSSR count). The van der Waals surface area contributed by atoms with Crippen LogP contribution in [0.2, 0.25) is 0 Å². The minimum atomic E-state index is -0.0216. The van der Waals surface area contributed by atoms with Gasteiger partial charge in [0.2, 0.25) is 0 Å². The summed E-state index contributed by atoms with van der Waals surface area (Å²) in [6.07, 6.45) is 4.09. The molecule has 5 heteroatoms. The lowest BCUT2D eigenvalue weighted by atomic mass is 10.1. The lowest BCUT2D eigenvalue weighted by Gasteiger charge is -2.26. The number of carbonyl (C=O) groups excluding carboxylic acids is 1. The van der Waals surface area contributed by atoms with Crippen LogP contribution in [0, 0.1) is 0 Å². The van der Waals surface area contributed by atoms with Gasteiger partial charge in [-0.05, 0) is 50.2 Å². The molecule has 0 aromatic heterocycles. The molecule has 4 nitrogen and oxygen atoms in total. The van der Waals surface area contributed by atoms with Crippen LogP contribution in [0.5, 0.6) is 0 Å². The number of hydrogen-bond acceptors (Lipinski definition) is 4. The number of amides is 1. The number of thioether (sulfide) groups is 1. The highest BCUT2D eigenvalue weighted by atomic mass is 32.2. The van der Waals surface area contributed by atoms with Crippen molar-refractivity contribution < 1.29 is 4.79 Å². The number of piperidine rings is 1. The largest absolute Gasteiger partial charge is 0.399 e. The van der Waals surface area contributed by atoms with E-state index in [-0.39, 0.29) is 5.91 Å². The number of rotatable bonds is 7. The number of nitrogen functional groups attached to an aromatic ring is 1. The summed E-state index contributed by atoms with van der Waals surface area (Å²) in [5.74, 6) is 2.10. The number of nitrogens with zero attached hydrogens (tertiary/aromatic N) is 1. The van der Waals surface area contributed by atoms with Crippen molar-refractivity contribution >= 4 is 23.4 Å². The molecule has 0 spiro atoms. The summed E-state index contributed by atoms with van der Waals surface area (Å²) >= 11 is 1.91. The number of hydrogen-bond donors (Lipinski definition) is 2. The molecule has 0 atom stereocenters. The molecule has 0 radical (unpaired) electrons. The Kier molecular flexibility index (Phi) is 6.89. The van der Waals surface area contributed by atoms with Crippen molar-refractivity contribution in [3.05, 3.63) is 29.8 Å². The Morgan fingerprint density at radius 2 is 1.86 bits per heavy atom. The molecule has 21 heavy (non-hydrogen) atoms. The van der Waals surface area contributed by atoms with E-state index in [1.807, 2.05) is 11.8 Å². The summed E-state index contributed by atoms with van der Waals surface area (Å²) in [6, 6.07) is 7.02. The Morgan fingerprint density at radius 1 is 1.14 bits per heavy atom. The van der Waals surface area contributed by atoms with Crippen molar-refractivity contribution in [2.45, 2.75) is 19.3 Å². The van der Waals surface area contributed by atoms with Gasteiger partial charge in [-0.25, -0.2) is 0 Å².